The predicted octanol–water partition coefficient (Wildman–Crippen LogP) is 2.55. The summed E-state index contributed by atoms with van der Waals surface area (Å²) in [6, 6.07) is 11.3. The molecule has 1 unspecified atom stereocenters. The van der Waals surface area contributed by atoms with Gasteiger partial charge in [-0.15, -0.1) is 0 Å². The number of phenols is 1. The third-order valence-electron chi connectivity index (χ3n) is 5.30. The number of nitrogens with zero attached hydrogens (tertiary/aromatic N) is 2. The van der Waals surface area contributed by atoms with Gasteiger partial charge in [-0.25, -0.2) is 4.99 Å². The van der Waals surface area contributed by atoms with E-state index in [1.165, 1.54) is 29.9 Å². The highest BCUT2D eigenvalue weighted by atomic mass is 32.1. The van der Waals surface area contributed by atoms with E-state index in [-0.39, 0.29) is 17.1 Å². The Balaban J connectivity index is 2.01. The van der Waals surface area contributed by atoms with Gasteiger partial charge < -0.3 is 14.6 Å². The molecule has 0 amide bonds. The van der Waals surface area contributed by atoms with E-state index in [0.29, 0.717) is 43.2 Å². The maximum Gasteiger partial charge on any atom is 0.271 e. The number of allylic oxidation sites excluding steroid dienone is 2. The number of thiazole rings is 1. The zero-order valence-electron chi connectivity index (χ0n) is 18.1. The zero-order valence-corrected chi connectivity index (χ0v) is 18.9. The summed E-state index contributed by atoms with van der Waals surface area (Å²) < 4.78 is 12.9. The molecule has 0 saturated carbocycles. The monoisotopic (exact) mass is 450 g/mol. The first-order chi connectivity index (χ1) is 15.3. The molecule has 164 valence electrons. The number of aromatic hydroxyl groups is 1. The van der Waals surface area contributed by atoms with Crippen LogP contribution in [0.2, 0.25) is 0 Å². The smallest absolute Gasteiger partial charge is 0.271 e. The van der Waals surface area contributed by atoms with Gasteiger partial charge in [-0.3, -0.25) is 14.2 Å². The number of ether oxygens (including phenoxy) is 2. The lowest BCUT2D eigenvalue weighted by Gasteiger charge is -2.26. The van der Waals surface area contributed by atoms with Crippen LogP contribution in [0.4, 0.5) is 0 Å². The number of fused-ring (bicyclic) bond motifs is 1. The average molecular weight is 451 g/mol. The lowest BCUT2D eigenvalue weighted by atomic mass is 9.92. The van der Waals surface area contributed by atoms with Crippen LogP contribution in [0, 0.1) is 0 Å². The van der Waals surface area contributed by atoms with Crippen LogP contribution >= 0.6 is 11.3 Å². The van der Waals surface area contributed by atoms with Crippen molar-refractivity contribution in [1.29, 1.82) is 0 Å². The summed E-state index contributed by atoms with van der Waals surface area (Å²) in [5.74, 6) is 1.05. The van der Waals surface area contributed by atoms with Crippen molar-refractivity contribution < 1.29 is 19.4 Å². The quantitative estimate of drug-likeness (QED) is 0.645. The maximum absolute atomic E-state index is 13.5. The highest BCUT2D eigenvalue weighted by Crippen LogP contribution is 2.37. The van der Waals surface area contributed by atoms with Gasteiger partial charge in [0.15, 0.2) is 10.6 Å². The van der Waals surface area contributed by atoms with Crippen LogP contribution in [0.15, 0.2) is 63.5 Å². The second-order valence-electron chi connectivity index (χ2n) is 7.34. The number of benzene rings is 2. The van der Waals surface area contributed by atoms with E-state index >= 15 is 0 Å². The zero-order chi connectivity index (χ0) is 23.0. The number of Topliss-reactive ketones (excluding diaryl/α,β-unsaturated/α-hetero) is 1. The van der Waals surface area contributed by atoms with E-state index in [1.807, 2.05) is 0 Å². The Morgan fingerprint density at radius 3 is 2.62 bits per heavy atom. The Morgan fingerprint density at radius 2 is 1.97 bits per heavy atom. The Bertz CT molecular complexity index is 1430. The molecule has 0 bridgehead atoms. The van der Waals surface area contributed by atoms with Crippen LogP contribution in [-0.2, 0) is 4.79 Å². The van der Waals surface area contributed by atoms with E-state index < -0.39 is 6.04 Å². The Morgan fingerprint density at radius 1 is 1.19 bits per heavy atom. The minimum atomic E-state index is -0.684. The lowest BCUT2D eigenvalue weighted by Crippen LogP contribution is -2.39. The number of hydrogen-bond acceptors (Lipinski definition) is 7. The van der Waals surface area contributed by atoms with Crippen molar-refractivity contribution in [3.05, 3.63) is 84.5 Å². The molecule has 4 rings (SSSR count). The molecule has 32 heavy (non-hydrogen) atoms. The van der Waals surface area contributed by atoms with E-state index in [2.05, 4.69) is 4.99 Å². The number of carbonyl (C=O) groups is 1. The molecule has 0 saturated heterocycles. The minimum absolute atomic E-state index is 0.113. The van der Waals surface area contributed by atoms with Gasteiger partial charge in [-0.05, 0) is 49.8 Å². The highest BCUT2D eigenvalue weighted by Gasteiger charge is 2.32. The average Bonchev–Trinajstić information content (AvgIpc) is 3.06. The highest BCUT2D eigenvalue weighted by molar-refractivity contribution is 7.07. The first-order valence-electron chi connectivity index (χ1n) is 9.88. The van der Waals surface area contributed by atoms with E-state index in [0.717, 1.165) is 0 Å². The Kier molecular flexibility index (Phi) is 5.71. The standard InChI is InChI=1S/C24H22N2O5S/c1-13-21(14(2)27)22(18-9-8-17(30-3)12-19(18)31-4)26-23(29)20(32-24(26)25-13)11-15-6-5-7-16(28)10-15/h5-12,22,28H,1-4H3/b20-11-. The maximum atomic E-state index is 13.5. The summed E-state index contributed by atoms with van der Waals surface area (Å²) in [4.78, 5) is 31.2. The molecule has 8 heteroatoms. The first-order valence-corrected chi connectivity index (χ1v) is 10.7. The Hall–Kier alpha value is -3.65. The van der Waals surface area contributed by atoms with Crippen molar-refractivity contribution in [2.45, 2.75) is 19.9 Å². The molecule has 0 aliphatic carbocycles. The van der Waals surface area contributed by atoms with Crippen LogP contribution in [0.5, 0.6) is 17.2 Å². The molecule has 7 nitrogen and oxygen atoms in total. The van der Waals surface area contributed by atoms with Gasteiger partial charge >= 0.3 is 0 Å². The number of rotatable bonds is 5. The predicted molar refractivity (Wildman–Crippen MR) is 122 cm³/mol. The van der Waals surface area contributed by atoms with Crippen molar-refractivity contribution in [2.75, 3.05) is 14.2 Å². The summed E-state index contributed by atoms with van der Waals surface area (Å²) in [7, 11) is 3.10. The molecule has 1 aromatic heterocycles. The van der Waals surface area contributed by atoms with Gasteiger partial charge in [-0.1, -0.05) is 23.5 Å². The molecule has 2 aromatic carbocycles. The summed E-state index contributed by atoms with van der Waals surface area (Å²) in [6.07, 6.45) is 1.71. The van der Waals surface area contributed by atoms with E-state index in [1.54, 1.807) is 62.6 Å². The first kappa shape index (κ1) is 21.6. The summed E-state index contributed by atoms with van der Waals surface area (Å²) >= 11 is 1.24. The molecule has 0 spiro atoms. The molecule has 2 heterocycles. The number of methoxy groups -OCH3 is 2. The molecule has 0 fully saturated rings. The molecular weight excluding hydrogens is 428 g/mol. The van der Waals surface area contributed by atoms with Crippen molar-refractivity contribution in [2.24, 2.45) is 4.99 Å². The number of carbonyl (C=O) groups excluding carboxylic acids is 1. The lowest BCUT2D eigenvalue weighted by molar-refractivity contribution is -0.114. The van der Waals surface area contributed by atoms with Crippen LogP contribution in [0.3, 0.4) is 0 Å². The summed E-state index contributed by atoms with van der Waals surface area (Å²) in [6.45, 7) is 3.24. The fraction of sp³-hybridized carbons (Fsp3) is 0.208. The second kappa shape index (κ2) is 8.47. The summed E-state index contributed by atoms with van der Waals surface area (Å²) in [5, 5.41) is 9.76. The summed E-state index contributed by atoms with van der Waals surface area (Å²) in [5.41, 5.74) is 2.08. The van der Waals surface area contributed by atoms with E-state index in [4.69, 9.17) is 9.47 Å². The second-order valence-corrected chi connectivity index (χ2v) is 8.35. The third kappa shape index (κ3) is 3.73. The van der Waals surface area contributed by atoms with Gasteiger partial charge in [-0.2, -0.15) is 0 Å². The molecule has 0 radical (unpaired) electrons. The van der Waals surface area contributed by atoms with Gasteiger partial charge in [0, 0.05) is 22.9 Å². The van der Waals surface area contributed by atoms with Crippen LogP contribution in [-0.4, -0.2) is 29.7 Å². The number of phenolic OH excluding ortho intramolecular Hbond substituents is 1. The molecule has 1 aliphatic rings. The van der Waals surface area contributed by atoms with Gasteiger partial charge in [0.1, 0.15) is 17.2 Å². The topological polar surface area (TPSA) is 90.1 Å². The van der Waals surface area contributed by atoms with Crippen molar-refractivity contribution in [1.82, 2.24) is 4.57 Å². The normalized spacial score (nSPS) is 15.9. The molecule has 1 N–H and O–H groups in total. The third-order valence-corrected chi connectivity index (χ3v) is 6.29. The largest absolute Gasteiger partial charge is 0.508 e. The minimum Gasteiger partial charge on any atom is -0.508 e. The van der Waals surface area contributed by atoms with Crippen LogP contribution in [0.25, 0.3) is 6.08 Å². The number of hydrogen-bond donors (Lipinski definition) is 1. The van der Waals surface area contributed by atoms with E-state index in [9.17, 15) is 14.7 Å². The van der Waals surface area contributed by atoms with Crippen molar-refractivity contribution >= 4 is 23.2 Å². The molecule has 1 atom stereocenters. The molecular formula is C24H22N2O5S. The van der Waals surface area contributed by atoms with Crippen LogP contribution in [0.1, 0.15) is 31.0 Å². The Labute approximate surface area is 188 Å². The molecule has 1 aliphatic heterocycles. The molecule has 3 aromatic rings. The van der Waals surface area contributed by atoms with Crippen LogP contribution < -0.4 is 24.4 Å². The van der Waals surface area contributed by atoms with Gasteiger partial charge in [0.25, 0.3) is 5.56 Å². The van der Waals surface area contributed by atoms with Crippen molar-refractivity contribution in [3.63, 3.8) is 0 Å². The van der Waals surface area contributed by atoms with Gasteiger partial charge in [0.05, 0.1) is 24.8 Å². The fourth-order valence-electron chi connectivity index (χ4n) is 3.88. The number of aromatic nitrogens is 1. The SMILES string of the molecule is COc1ccc(C2C(C(C)=O)=C(C)N=c3s/c(=C\c4cccc(O)c4)c(=O)n32)c(OC)c1. The number of ketones is 1. The van der Waals surface area contributed by atoms with Gasteiger partial charge in [0.2, 0.25) is 0 Å². The van der Waals surface area contributed by atoms with Crippen molar-refractivity contribution in [3.8, 4) is 17.2 Å². The fourth-order valence-corrected chi connectivity index (χ4v) is 4.92.